The summed E-state index contributed by atoms with van der Waals surface area (Å²) in [5, 5.41) is 8.53. The van der Waals surface area contributed by atoms with Crippen LogP contribution in [0.3, 0.4) is 0 Å². The standard InChI is InChI=1S/C19H20N3/c1-12(2)14-8-6-10-16-15-9-5-7-13(3)17(15)19-21(4)11-20-22(19)18(14)16/h5-12H,1-4H3/q+1. The number of rotatable bonds is 1. The van der Waals surface area contributed by atoms with Crippen LogP contribution in [-0.2, 0) is 7.05 Å². The molecule has 110 valence electrons. The summed E-state index contributed by atoms with van der Waals surface area (Å²) < 4.78 is 4.23. The fraction of sp³-hybridized carbons (Fsp3) is 0.263. The minimum atomic E-state index is 0.462. The number of hydrogen-bond donors (Lipinski definition) is 0. The van der Waals surface area contributed by atoms with Crippen LogP contribution in [0.25, 0.3) is 27.3 Å². The molecule has 0 atom stereocenters. The van der Waals surface area contributed by atoms with Gasteiger partial charge in [-0.25, -0.2) is 4.57 Å². The number of aryl methyl sites for hydroxylation is 2. The molecule has 2 aromatic heterocycles. The Kier molecular flexibility index (Phi) is 2.73. The molecule has 4 rings (SSSR count). The largest absolute Gasteiger partial charge is 0.274 e. The summed E-state index contributed by atoms with van der Waals surface area (Å²) in [6.45, 7) is 6.66. The fourth-order valence-corrected chi connectivity index (χ4v) is 3.50. The molecule has 0 unspecified atom stereocenters. The predicted molar refractivity (Wildman–Crippen MR) is 90.2 cm³/mol. The zero-order valence-electron chi connectivity index (χ0n) is 13.5. The maximum atomic E-state index is 4.66. The molecule has 0 amide bonds. The summed E-state index contributed by atoms with van der Waals surface area (Å²) in [7, 11) is 2.07. The molecule has 3 heteroatoms. The third kappa shape index (κ3) is 1.62. The quantitative estimate of drug-likeness (QED) is 0.385. The van der Waals surface area contributed by atoms with E-state index in [2.05, 4.69) is 78.4 Å². The first kappa shape index (κ1) is 13.3. The molecule has 0 aliphatic heterocycles. The summed E-state index contributed by atoms with van der Waals surface area (Å²) in [4.78, 5) is 0. The van der Waals surface area contributed by atoms with Gasteiger partial charge in [-0.05, 0) is 29.4 Å². The van der Waals surface area contributed by atoms with Gasteiger partial charge in [0.25, 0.3) is 12.0 Å². The van der Waals surface area contributed by atoms with Crippen molar-refractivity contribution in [3.8, 4) is 0 Å². The van der Waals surface area contributed by atoms with Crippen molar-refractivity contribution in [3.63, 3.8) is 0 Å². The Hall–Kier alpha value is -2.42. The van der Waals surface area contributed by atoms with E-state index >= 15 is 0 Å². The van der Waals surface area contributed by atoms with Crippen LogP contribution in [0.15, 0.2) is 42.7 Å². The molecular formula is C19H20N3+. The summed E-state index contributed by atoms with van der Waals surface area (Å²) >= 11 is 0. The Morgan fingerprint density at radius 3 is 2.55 bits per heavy atom. The summed E-state index contributed by atoms with van der Waals surface area (Å²) in [5.41, 5.74) is 5.02. The van der Waals surface area contributed by atoms with Crippen molar-refractivity contribution in [2.75, 3.05) is 0 Å². The Bertz CT molecular complexity index is 1030. The van der Waals surface area contributed by atoms with Gasteiger partial charge in [0.15, 0.2) is 5.52 Å². The molecule has 0 bridgehead atoms. The molecule has 0 N–H and O–H groups in total. The Morgan fingerprint density at radius 1 is 1.05 bits per heavy atom. The smallest absolute Gasteiger partial charge is 0.233 e. The van der Waals surface area contributed by atoms with Crippen molar-refractivity contribution in [3.05, 3.63) is 53.9 Å². The molecule has 4 aromatic rings. The highest BCUT2D eigenvalue weighted by Crippen LogP contribution is 2.33. The molecule has 0 radical (unpaired) electrons. The highest BCUT2D eigenvalue weighted by Gasteiger charge is 2.22. The van der Waals surface area contributed by atoms with Gasteiger partial charge in [-0.3, -0.25) is 0 Å². The van der Waals surface area contributed by atoms with Crippen molar-refractivity contribution in [1.29, 1.82) is 0 Å². The zero-order chi connectivity index (χ0) is 15.4. The number of hydrogen-bond acceptors (Lipinski definition) is 1. The van der Waals surface area contributed by atoms with Crippen LogP contribution >= 0.6 is 0 Å². The number of fused-ring (bicyclic) bond motifs is 6. The maximum absolute atomic E-state index is 4.66. The zero-order valence-corrected chi connectivity index (χ0v) is 13.5. The maximum Gasteiger partial charge on any atom is 0.274 e. The molecule has 22 heavy (non-hydrogen) atoms. The van der Waals surface area contributed by atoms with E-state index in [4.69, 9.17) is 0 Å². The van der Waals surface area contributed by atoms with Gasteiger partial charge in [0, 0.05) is 10.5 Å². The normalized spacial score (nSPS) is 12.0. The van der Waals surface area contributed by atoms with Gasteiger partial charge < -0.3 is 0 Å². The Morgan fingerprint density at radius 2 is 1.77 bits per heavy atom. The monoisotopic (exact) mass is 290 g/mol. The number of benzene rings is 2. The van der Waals surface area contributed by atoms with Crippen LogP contribution in [-0.4, -0.2) is 9.61 Å². The molecule has 2 aromatic carbocycles. The lowest BCUT2D eigenvalue weighted by atomic mass is 9.96. The van der Waals surface area contributed by atoms with Gasteiger partial charge in [-0.1, -0.05) is 54.8 Å². The van der Waals surface area contributed by atoms with E-state index in [9.17, 15) is 0 Å². The van der Waals surface area contributed by atoms with Crippen LogP contribution < -0.4 is 4.57 Å². The number of nitrogens with zero attached hydrogens (tertiary/aromatic N) is 3. The van der Waals surface area contributed by atoms with Crippen molar-refractivity contribution >= 4 is 27.3 Å². The van der Waals surface area contributed by atoms with E-state index < -0.39 is 0 Å². The fourth-order valence-electron chi connectivity index (χ4n) is 3.50. The lowest BCUT2D eigenvalue weighted by Gasteiger charge is -2.11. The van der Waals surface area contributed by atoms with E-state index in [1.807, 2.05) is 6.33 Å². The van der Waals surface area contributed by atoms with Crippen molar-refractivity contribution in [2.24, 2.45) is 7.05 Å². The molecule has 2 heterocycles. The van der Waals surface area contributed by atoms with Crippen LogP contribution in [0, 0.1) is 6.92 Å². The van der Waals surface area contributed by atoms with Gasteiger partial charge in [0.2, 0.25) is 0 Å². The number of aromatic nitrogens is 3. The first-order valence-electron chi connectivity index (χ1n) is 7.77. The van der Waals surface area contributed by atoms with Gasteiger partial charge in [0.1, 0.15) is 0 Å². The number of para-hydroxylation sites is 1. The highest BCUT2D eigenvalue weighted by molar-refractivity contribution is 6.12. The molecule has 0 spiro atoms. The lowest BCUT2D eigenvalue weighted by molar-refractivity contribution is -0.645. The molecular weight excluding hydrogens is 270 g/mol. The minimum absolute atomic E-state index is 0.462. The van der Waals surface area contributed by atoms with Gasteiger partial charge in [0.05, 0.1) is 12.4 Å². The highest BCUT2D eigenvalue weighted by atomic mass is 15.3. The Labute approximate surface area is 129 Å². The molecule has 0 aliphatic carbocycles. The average molecular weight is 290 g/mol. The molecule has 0 fully saturated rings. The summed E-state index contributed by atoms with van der Waals surface area (Å²) in [6, 6.07) is 13.1. The minimum Gasteiger partial charge on any atom is -0.233 e. The van der Waals surface area contributed by atoms with Crippen LogP contribution in [0.2, 0.25) is 0 Å². The third-order valence-corrected chi connectivity index (χ3v) is 4.56. The average Bonchev–Trinajstić information content (AvgIpc) is 2.89. The van der Waals surface area contributed by atoms with Crippen LogP contribution in [0.1, 0.15) is 30.9 Å². The van der Waals surface area contributed by atoms with E-state index in [0.717, 1.165) is 5.65 Å². The Balaban J connectivity index is 2.42. The van der Waals surface area contributed by atoms with Crippen molar-refractivity contribution < 1.29 is 4.57 Å². The molecule has 0 saturated carbocycles. The lowest BCUT2D eigenvalue weighted by Crippen LogP contribution is -2.26. The number of pyridine rings is 1. The van der Waals surface area contributed by atoms with Crippen molar-refractivity contribution in [1.82, 2.24) is 9.61 Å². The van der Waals surface area contributed by atoms with Gasteiger partial charge >= 0.3 is 0 Å². The molecule has 0 saturated heterocycles. The van der Waals surface area contributed by atoms with Gasteiger partial charge in [-0.2, -0.15) is 0 Å². The first-order valence-corrected chi connectivity index (χ1v) is 7.77. The predicted octanol–water partition coefficient (Wildman–Crippen LogP) is 3.90. The first-order chi connectivity index (χ1) is 10.6. The molecule has 3 nitrogen and oxygen atoms in total. The van der Waals surface area contributed by atoms with Gasteiger partial charge in [-0.15, -0.1) is 0 Å². The van der Waals surface area contributed by atoms with E-state index in [-0.39, 0.29) is 0 Å². The summed E-state index contributed by atoms with van der Waals surface area (Å²) in [5.74, 6) is 0.462. The van der Waals surface area contributed by atoms with Crippen LogP contribution in [0.4, 0.5) is 0 Å². The van der Waals surface area contributed by atoms with E-state index in [1.54, 1.807) is 0 Å². The van der Waals surface area contributed by atoms with Crippen molar-refractivity contribution in [2.45, 2.75) is 26.7 Å². The molecule has 0 aliphatic rings. The van der Waals surface area contributed by atoms with E-state index in [0.29, 0.717) is 5.92 Å². The topological polar surface area (TPSA) is 21.2 Å². The second-order valence-corrected chi connectivity index (χ2v) is 6.37. The second kappa shape index (κ2) is 4.54. The summed E-state index contributed by atoms with van der Waals surface area (Å²) in [6.07, 6.45) is 1.90. The third-order valence-electron chi connectivity index (χ3n) is 4.56. The van der Waals surface area contributed by atoms with E-state index in [1.165, 1.54) is 32.8 Å². The second-order valence-electron chi connectivity index (χ2n) is 6.37. The van der Waals surface area contributed by atoms with Crippen LogP contribution in [0.5, 0.6) is 0 Å². The SMILES string of the molecule is Cc1cccc2c3cccc(C(C)C)c3n3nc[n+](C)c3c12.